The maximum atomic E-state index is 12.0. The third-order valence-corrected chi connectivity index (χ3v) is 3.75. The van der Waals surface area contributed by atoms with Crippen LogP contribution in [0, 0.1) is 0 Å². The lowest BCUT2D eigenvalue weighted by atomic mass is 10.2. The first kappa shape index (κ1) is 19.9. The van der Waals surface area contributed by atoms with Gasteiger partial charge < -0.3 is 30.0 Å². The molecular weight excluding hydrogens is 352 g/mol. The summed E-state index contributed by atoms with van der Waals surface area (Å²) in [6, 6.07) is 9.95. The molecule has 0 aromatic heterocycles. The van der Waals surface area contributed by atoms with Crippen LogP contribution in [0.1, 0.15) is 15.9 Å². The normalized spacial score (nSPS) is 10.0. The van der Waals surface area contributed by atoms with Crippen LogP contribution in [-0.4, -0.2) is 39.8 Å². The van der Waals surface area contributed by atoms with E-state index in [-0.39, 0.29) is 30.4 Å². The Morgan fingerprint density at radius 1 is 0.926 bits per heavy atom. The zero-order valence-corrected chi connectivity index (χ0v) is 15.4. The molecule has 2 rings (SSSR count). The third-order valence-electron chi connectivity index (χ3n) is 3.75. The van der Waals surface area contributed by atoms with E-state index in [0.717, 1.165) is 5.56 Å². The topological polar surface area (TPSA) is 109 Å². The average molecular weight is 374 g/mol. The van der Waals surface area contributed by atoms with Gasteiger partial charge >= 0.3 is 0 Å². The molecule has 27 heavy (non-hydrogen) atoms. The number of ether oxygens (including phenoxy) is 4. The van der Waals surface area contributed by atoms with E-state index in [9.17, 15) is 9.59 Å². The van der Waals surface area contributed by atoms with Gasteiger partial charge in [-0.1, -0.05) is 6.07 Å². The number of methoxy groups -OCH3 is 3. The second kappa shape index (κ2) is 9.33. The van der Waals surface area contributed by atoms with E-state index in [1.807, 2.05) is 6.07 Å². The molecule has 0 atom stereocenters. The summed E-state index contributed by atoms with van der Waals surface area (Å²) < 4.78 is 20.9. The van der Waals surface area contributed by atoms with Crippen LogP contribution in [0.4, 0.5) is 0 Å². The van der Waals surface area contributed by atoms with E-state index in [2.05, 4.69) is 5.32 Å². The molecule has 0 aliphatic heterocycles. The van der Waals surface area contributed by atoms with Gasteiger partial charge in [-0.3, -0.25) is 9.59 Å². The number of hydrogen-bond acceptors (Lipinski definition) is 6. The molecule has 0 bridgehead atoms. The summed E-state index contributed by atoms with van der Waals surface area (Å²) in [5.41, 5.74) is 6.31. The van der Waals surface area contributed by atoms with Crippen LogP contribution >= 0.6 is 0 Å². The van der Waals surface area contributed by atoms with Gasteiger partial charge in [-0.15, -0.1) is 0 Å². The van der Waals surface area contributed by atoms with Crippen LogP contribution in [-0.2, 0) is 11.3 Å². The van der Waals surface area contributed by atoms with Gasteiger partial charge in [-0.25, -0.2) is 0 Å². The lowest BCUT2D eigenvalue weighted by molar-refractivity contribution is -0.123. The molecule has 2 aromatic carbocycles. The maximum absolute atomic E-state index is 12.0. The van der Waals surface area contributed by atoms with Crippen LogP contribution in [0.5, 0.6) is 23.0 Å². The predicted molar refractivity (Wildman–Crippen MR) is 98.4 cm³/mol. The third kappa shape index (κ3) is 5.27. The van der Waals surface area contributed by atoms with Crippen molar-refractivity contribution in [1.82, 2.24) is 5.32 Å². The van der Waals surface area contributed by atoms with Crippen molar-refractivity contribution < 1.29 is 28.5 Å². The van der Waals surface area contributed by atoms with Gasteiger partial charge in [0.25, 0.3) is 11.8 Å². The van der Waals surface area contributed by atoms with Crippen LogP contribution in [0.25, 0.3) is 0 Å². The molecule has 8 nitrogen and oxygen atoms in total. The number of carbonyl (C=O) groups is 2. The molecule has 0 heterocycles. The lowest BCUT2D eigenvalue weighted by Crippen LogP contribution is -2.28. The molecule has 0 saturated carbocycles. The number of hydrogen-bond donors (Lipinski definition) is 2. The monoisotopic (exact) mass is 374 g/mol. The standard InChI is InChI=1S/C19H22N2O6/c1-24-13-5-7-15(14(9-13)19(20)23)27-11-18(22)21-10-12-4-6-16(25-2)17(8-12)26-3/h4-9H,10-11H2,1-3H3,(H2,20,23)(H,21,22). The first-order valence-corrected chi connectivity index (χ1v) is 8.06. The molecule has 0 radical (unpaired) electrons. The molecule has 144 valence electrons. The first-order valence-electron chi connectivity index (χ1n) is 8.06. The molecule has 3 N–H and O–H groups in total. The van der Waals surface area contributed by atoms with Gasteiger partial charge in [0, 0.05) is 6.54 Å². The van der Waals surface area contributed by atoms with Crippen molar-refractivity contribution in [3.05, 3.63) is 47.5 Å². The predicted octanol–water partition coefficient (Wildman–Crippen LogP) is 1.51. The van der Waals surface area contributed by atoms with Crippen molar-refractivity contribution in [3.63, 3.8) is 0 Å². The number of rotatable bonds is 9. The Kier molecular flexibility index (Phi) is 6.87. The molecule has 0 aliphatic rings. The maximum Gasteiger partial charge on any atom is 0.258 e. The first-order chi connectivity index (χ1) is 13.0. The Balaban J connectivity index is 1.94. The highest BCUT2D eigenvalue weighted by Crippen LogP contribution is 2.27. The minimum absolute atomic E-state index is 0.141. The molecule has 0 unspecified atom stereocenters. The molecule has 8 heteroatoms. The molecule has 0 aliphatic carbocycles. The SMILES string of the molecule is COc1ccc(OCC(=O)NCc2ccc(OC)c(OC)c2)c(C(N)=O)c1. The Labute approximate surface area is 157 Å². The van der Waals surface area contributed by atoms with E-state index < -0.39 is 5.91 Å². The van der Waals surface area contributed by atoms with E-state index in [0.29, 0.717) is 17.2 Å². The minimum Gasteiger partial charge on any atom is -0.497 e. The van der Waals surface area contributed by atoms with Gasteiger partial charge in [-0.05, 0) is 35.9 Å². The smallest absolute Gasteiger partial charge is 0.258 e. The number of nitrogens with two attached hydrogens (primary N) is 1. The summed E-state index contributed by atoms with van der Waals surface area (Å²) in [4.78, 5) is 23.6. The van der Waals surface area contributed by atoms with Crippen molar-refractivity contribution in [2.75, 3.05) is 27.9 Å². The summed E-state index contributed by atoms with van der Waals surface area (Å²) in [6.45, 7) is 0.0216. The number of benzene rings is 2. The van der Waals surface area contributed by atoms with Crippen molar-refractivity contribution in [1.29, 1.82) is 0 Å². The number of amides is 2. The molecule has 2 aromatic rings. The number of primary amides is 1. The summed E-state index contributed by atoms with van der Waals surface area (Å²) in [5, 5.41) is 2.73. The minimum atomic E-state index is -0.672. The summed E-state index contributed by atoms with van der Waals surface area (Å²) >= 11 is 0. The van der Waals surface area contributed by atoms with Crippen LogP contribution in [0.2, 0.25) is 0 Å². The van der Waals surface area contributed by atoms with Crippen LogP contribution < -0.4 is 30.0 Å². The highest BCUT2D eigenvalue weighted by Gasteiger charge is 2.13. The Morgan fingerprint density at radius 3 is 2.26 bits per heavy atom. The van der Waals surface area contributed by atoms with Gasteiger partial charge in [0.05, 0.1) is 26.9 Å². The van der Waals surface area contributed by atoms with E-state index in [1.54, 1.807) is 32.4 Å². The number of nitrogens with one attached hydrogen (secondary N) is 1. The Hall–Kier alpha value is -3.42. The fraction of sp³-hybridized carbons (Fsp3) is 0.263. The highest BCUT2D eigenvalue weighted by molar-refractivity contribution is 5.96. The van der Waals surface area contributed by atoms with Gasteiger partial charge in [0.15, 0.2) is 18.1 Å². The van der Waals surface area contributed by atoms with Gasteiger partial charge in [0.1, 0.15) is 11.5 Å². The van der Waals surface area contributed by atoms with Crippen LogP contribution in [0.3, 0.4) is 0 Å². The van der Waals surface area contributed by atoms with E-state index >= 15 is 0 Å². The van der Waals surface area contributed by atoms with Gasteiger partial charge in [-0.2, -0.15) is 0 Å². The van der Waals surface area contributed by atoms with Crippen molar-refractivity contribution in [2.24, 2.45) is 5.73 Å². The zero-order chi connectivity index (χ0) is 19.8. The average Bonchev–Trinajstić information content (AvgIpc) is 2.70. The van der Waals surface area contributed by atoms with Crippen molar-refractivity contribution in [3.8, 4) is 23.0 Å². The molecule has 0 saturated heterocycles. The van der Waals surface area contributed by atoms with Crippen molar-refractivity contribution in [2.45, 2.75) is 6.54 Å². The Morgan fingerprint density at radius 2 is 1.63 bits per heavy atom. The van der Waals surface area contributed by atoms with Crippen molar-refractivity contribution >= 4 is 11.8 Å². The second-order valence-corrected chi connectivity index (χ2v) is 5.48. The number of carbonyl (C=O) groups excluding carboxylic acids is 2. The molecule has 0 fully saturated rings. The van der Waals surface area contributed by atoms with Gasteiger partial charge in [0.2, 0.25) is 0 Å². The molecule has 0 spiro atoms. The second-order valence-electron chi connectivity index (χ2n) is 5.48. The summed E-state index contributed by atoms with van der Waals surface area (Å²) in [5.74, 6) is 0.837. The lowest BCUT2D eigenvalue weighted by Gasteiger charge is -2.12. The molecular formula is C19H22N2O6. The van der Waals surface area contributed by atoms with E-state index in [1.165, 1.54) is 19.2 Å². The zero-order valence-electron chi connectivity index (χ0n) is 15.4. The largest absolute Gasteiger partial charge is 0.497 e. The fourth-order valence-electron chi connectivity index (χ4n) is 2.34. The van der Waals surface area contributed by atoms with Crippen LogP contribution in [0.15, 0.2) is 36.4 Å². The van der Waals surface area contributed by atoms with E-state index in [4.69, 9.17) is 24.7 Å². The Bertz CT molecular complexity index is 822. The highest BCUT2D eigenvalue weighted by atomic mass is 16.5. The summed E-state index contributed by atoms with van der Waals surface area (Å²) in [6.07, 6.45) is 0. The molecule has 2 amide bonds. The summed E-state index contributed by atoms with van der Waals surface area (Å²) in [7, 11) is 4.57. The fourth-order valence-corrected chi connectivity index (χ4v) is 2.34. The quantitative estimate of drug-likeness (QED) is 0.689.